The van der Waals surface area contributed by atoms with Crippen molar-refractivity contribution in [2.75, 3.05) is 11.4 Å². The molecule has 0 aliphatic carbocycles. The van der Waals surface area contributed by atoms with Crippen molar-refractivity contribution < 1.29 is 9.90 Å². The van der Waals surface area contributed by atoms with Crippen molar-refractivity contribution in [1.29, 1.82) is 0 Å². The van der Waals surface area contributed by atoms with Crippen molar-refractivity contribution in [2.45, 2.75) is 33.7 Å². The van der Waals surface area contributed by atoms with Gasteiger partial charge >= 0.3 is 5.97 Å². The first-order valence-corrected chi connectivity index (χ1v) is 6.37. The van der Waals surface area contributed by atoms with Crippen LogP contribution in [0.2, 0.25) is 5.15 Å². The molecular weight excluding hydrogens is 252 g/mol. The zero-order valence-corrected chi connectivity index (χ0v) is 11.9. The Labute approximate surface area is 113 Å². The van der Waals surface area contributed by atoms with Crippen LogP contribution in [0.4, 0.5) is 5.82 Å². The zero-order chi connectivity index (χ0) is 13.9. The Morgan fingerprint density at radius 2 is 2.00 bits per heavy atom. The first kappa shape index (κ1) is 14.8. The summed E-state index contributed by atoms with van der Waals surface area (Å²) in [5, 5.41) is 9.52. The highest BCUT2D eigenvalue weighted by Crippen LogP contribution is 2.23. The summed E-state index contributed by atoms with van der Waals surface area (Å²) < 4.78 is 0. The van der Waals surface area contributed by atoms with E-state index in [4.69, 9.17) is 11.6 Å². The molecule has 0 spiro atoms. The topological polar surface area (TPSA) is 53.4 Å². The first-order chi connectivity index (χ1) is 8.32. The van der Waals surface area contributed by atoms with Gasteiger partial charge in [-0.3, -0.25) is 0 Å². The molecule has 0 atom stereocenters. The number of carboxylic acids is 1. The lowest BCUT2D eigenvalue weighted by Gasteiger charge is -2.30. The largest absolute Gasteiger partial charge is 0.478 e. The number of carboxylic acid groups (broad SMARTS) is 1. The number of aromatic nitrogens is 1. The van der Waals surface area contributed by atoms with Crippen molar-refractivity contribution in [3.8, 4) is 0 Å². The molecule has 0 saturated heterocycles. The van der Waals surface area contributed by atoms with Crippen LogP contribution < -0.4 is 4.90 Å². The number of anilines is 1. The van der Waals surface area contributed by atoms with E-state index >= 15 is 0 Å². The summed E-state index contributed by atoms with van der Waals surface area (Å²) in [7, 11) is 0. The summed E-state index contributed by atoms with van der Waals surface area (Å²) in [6.07, 6.45) is 0. The monoisotopic (exact) mass is 270 g/mol. The van der Waals surface area contributed by atoms with Crippen LogP contribution in [-0.2, 0) is 0 Å². The number of rotatable bonds is 5. The zero-order valence-electron chi connectivity index (χ0n) is 11.1. The molecule has 0 amide bonds. The minimum atomic E-state index is -0.983. The summed E-state index contributed by atoms with van der Waals surface area (Å²) >= 11 is 5.88. The molecule has 1 heterocycles. The molecule has 0 aliphatic rings. The number of hydrogen-bond acceptors (Lipinski definition) is 3. The minimum Gasteiger partial charge on any atom is -0.478 e. The van der Waals surface area contributed by atoms with Gasteiger partial charge in [-0.05, 0) is 31.9 Å². The Morgan fingerprint density at radius 3 is 2.44 bits per heavy atom. The molecule has 1 aromatic heterocycles. The van der Waals surface area contributed by atoms with Crippen LogP contribution in [-0.4, -0.2) is 28.6 Å². The molecule has 0 bridgehead atoms. The Balaban J connectivity index is 3.25. The van der Waals surface area contributed by atoms with Gasteiger partial charge in [0.15, 0.2) is 0 Å². The number of carbonyl (C=O) groups is 1. The Morgan fingerprint density at radius 1 is 1.39 bits per heavy atom. The average Bonchev–Trinajstić information content (AvgIpc) is 2.24. The Hall–Kier alpha value is -1.29. The predicted molar refractivity (Wildman–Crippen MR) is 73.5 cm³/mol. The van der Waals surface area contributed by atoms with E-state index in [-0.39, 0.29) is 11.6 Å². The number of aromatic carboxylic acids is 1. The van der Waals surface area contributed by atoms with Crippen LogP contribution in [0.3, 0.4) is 0 Å². The van der Waals surface area contributed by atoms with Gasteiger partial charge in [-0.15, -0.1) is 0 Å². The van der Waals surface area contributed by atoms with E-state index in [1.807, 2.05) is 18.7 Å². The van der Waals surface area contributed by atoms with Gasteiger partial charge in [0, 0.05) is 12.6 Å². The Kier molecular flexibility index (Phi) is 4.96. The molecule has 0 aromatic carbocycles. The molecule has 18 heavy (non-hydrogen) atoms. The van der Waals surface area contributed by atoms with Crippen molar-refractivity contribution >= 4 is 23.4 Å². The van der Waals surface area contributed by atoms with Gasteiger partial charge in [-0.2, -0.15) is 0 Å². The highest BCUT2D eigenvalue weighted by Gasteiger charge is 2.21. The van der Waals surface area contributed by atoms with E-state index in [1.54, 1.807) is 0 Å². The van der Waals surface area contributed by atoms with E-state index in [1.165, 1.54) is 12.1 Å². The van der Waals surface area contributed by atoms with Gasteiger partial charge in [-0.25, -0.2) is 9.78 Å². The molecule has 5 heteroatoms. The minimum absolute atomic E-state index is 0.163. The fraction of sp³-hybridized carbons (Fsp3) is 0.538. The quantitative estimate of drug-likeness (QED) is 0.834. The second-order valence-corrected chi connectivity index (χ2v) is 5.34. The fourth-order valence-corrected chi connectivity index (χ4v) is 1.89. The predicted octanol–water partition coefficient (Wildman–Crippen LogP) is 3.30. The van der Waals surface area contributed by atoms with Crippen LogP contribution in [0.5, 0.6) is 0 Å². The summed E-state index contributed by atoms with van der Waals surface area (Å²) in [4.78, 5) is 17.4. The second-order valence-electron chi connectivity index (χ2n) is 4.95. The van der Waals surface area contributed by atoms with Crippen LogP contribution in [0, 0.1) is 5.92 Å². The lowest BCUT2D eigenvalue weighted by molar-refractivity contribution is 0.0697. The highest BCUT2D eigenvalue weighted by molar-refractivity contribution is 6.29. The molecule has 0 fully saturated rings. The molecule has 4 nitrogen and oxygen atoms in total. The lowest BCUT2D eigenvalue weighted by atomic mass is 10.1. The maximum atomic E-state index is 11.2. The smallest absolute Gasteiger partial charge is 0.339 e. The number of nitrogens with zero attached hydrogens (tertiary/aromatic N) is 2. The fourth-order valence-electron chi connectivity index (χ4n) is 1.75. The first-order valence-electron chi connectivity index (χ1n) is 5.99. The number of halogens is 1. The maximum Gasteiger partial charge on any atom is 0.339 e. The van der Waals surface area contributed by atoms with Crippen molar-refractivity contribution in [3.05, 3.63) is 22.8 Å². The van der Waals surface area contributed by atoms with Gasteiger partial charge in [-0.1, -0.05) is 25.4 Å². The molecule has 0 saturated carbocycles. The molecule has 0 aliphatic heterocycles. The molecule has 1 aromatic rings. The summed E-state index contributed by atoms with van der Waals surface area (Å²) in [5.74, 6) is -0.128. The van der Waals surface area contributed by atoms with Crippen LogP contribution >= 0.6 is 11.6 Å². The molecule has 100 valence electrons. The van der Waals surface area contributed by atoms with Crippen LogP contribution in [0.1, 0.15) is 38.1 Å². The van der Waals surface area contributed by atoms with E-state index in [2.05, 4.69) is 18.8 Å². The normalized spacial score (nSPS) is 11.1. The van der Waals surface area contributed by atoms with Crippen LogP contribution in [0.25, 0.3) is 0 Å². The van der Waals surface area contributed by atoms with Crippen molar-refractivity contribution in [3.63, 3.8) is 0 Å². The van der Waals surface area contributed by atoms with Gasteiger partial charge < -0.3 is 10.0 Å². The van der Waals surface area contributed by atoms with E-state index in [0.29, 0.717) is 16.9 Å². The molecule has 0 unspecified atom stereocenters. The molecule has 0 radical (unpaired) electrons. The molecular formula is C13H19ClN2O2. The summed E-state index contributed by atoms with van der Waals surface area (Å²) in [6, 6.07) is 3.17. The van der Waals surface area contributed by atoms with E-state index < -0.39 is 5.97 Å². The number of pyridine rings is 1. The van der Waals surface area contributed by atoms with Gasteiger partial charge in [0.05, 0.1) is 0 Å². The second kappa shape index (κ2) is 6.05. The standard InChI is InChI=1S/C13H19ClN2O2/c1-8(2)7-16(9(3)4)12-10(13(17)18)5-6-11(14)15-12/h5-6,8-9H,7H2,1-4H3,(H,17,18). The third-order valence-corrected chi connectivity index (χ3v) is 2.74. The Bertz CT molecular complexity index is 433. The molecule has 1 N–H and O–H groups in total. The SMILES string of the molecule is CC(C)CN(c1nc(Cl)ccc1C(=O)O)C(C)C. The third-order valence-electron chi connectivity index (χ3n) is 2.53. The van der Waals surface area contributed by atoms with Gasteiger partial charge in [0.2, 0.25) is 0 Å². The average molecular weight is 271 g/mol. The summed E-state index contributed by atoms with van der Waals surface area (Å²) in [6.45, 7) is 8.93. The van der Waals surface area contributed by atoms with E-state index in [9.17, 15) is 9.90 Å². The summed E-state index contributed by atoms with van der Waals surface area (Å²) in [5.41, 5.74) is 0.189. The van der Waals surface area contributed by atoms with Crippen LogP contribution in [0.15, 0.2) is 12.1 Å². The van der Waals surface area contributed by atoms with Gasteiger partial charge in [0.25, 0.3) is 0 Å². The maximum absolute atomic E-state index is 11.2. The van der Waals surface area contributed by atoms with Crippen molar-refractivity contribution in [2.24, 2.45) is 5.92 Å². The highest BCUT2D eigenvalue weighted by atomic mass is 35.5. The third kappa shape index (κ3) is 3.60. The number of hydrogen-bond donors (Lipinski definition) is 1. The lowest BCUT2D eigenvalue weighted by Crippen LogP contribution is -2.36. The van der Waals surface area contributed by atoms with Gasteiger partial charge in [0.1, 0.15) is 16.5 Å². The molecule has 1 rings (SSSR count). The van der Waals surface area contributed by atoms with Crippen molar-refractivity contribution in [1.82, 2.24) is 4.98 Å². The van der Waals surface area contributed by atoms with E-state index in [0.717, 1.165) is 6.54 Å².